The average Bonchev–Trinajstić information content (AvgIpc) is 2.39. The van der Waals surface area contributed by atoms with Crippen molar-refractivity contribution in [2.45, 2.75) is 59.0 Å². The molecule has 0 aromatic rings. The van der Waals surface area contributed by atoms with Crippen LogP contribution in [0.3, 0.4) is 0 Å². The van der Waals surface area contributed by atoms with Crippen molar-refractivity contribution in [1.29, 1.82) is 0 Å². The molecule has 0 aliphatic carbocycles. The van der Waals surface area contributed by atoms with Crippen molar-refractivity contribution >= 4 is 0 Å². The summed E-state index contributed by atoms with van der Waals surface area (Å²) in [5.74, 6) is 0. The highest BCUT2D eigenvalue weighted by Gasteiger charge is 2.36. The molecule has 3 saturated heterocycles. The van der Waals surface area contributed by atoms with E-state index in [1.54, 1.807) is 0 Å². The summed E-state index contributed by atoms with van der Waals surface area (Å²) in [6.45, 7) is 16.9. The number of nitrogens with zero attached hydrogens (tertiary/aromatic N) is 2. The van der Waals surface area contributed by atoms with E-state index >= 15 is 0 Å². The molecule has 19 heavy (non-hydrogen) atoms. The van der Waals surface area contributed by atoms with Crippen LogP contribution in [-0.4, -0.2) is 61.2 Å². The van der Waals surface area contributed by atoms with Crippen molar-refractivity contribution in [3.63, 3.8) is 0 Å². The fraction of sp³-hybridized carbons (Fsp3) is 1.00. The minimum atomic E-state index is 0.454. The van der Waals surface area contributed by atoms with Gasteiger partial charge in [-0.25, -0.2) is 0 Å². The van der Waals surface area contributed by atoms with Crippen LogP contribution in [0.15, 0.2) is 0 Å². The predicted molar refractivity (Wildman–Crippen MR) is 82.6 cm³/mol. The zero-order valence-electron chi connectivity index (χ0n) is 13.4. The quantitative estimate of drug-likeness (QED) is 0.796. The maximum Gasteiger partial charge on any atom is 0.0377 e. The number of fused-ring (bicyclic) bond motifs is 3. The van der Waals surface area contributed by atoms with Crippen LogP contribution in [0.1, 0.15) is 47.0 Å². The number of nitrogens with one attached hydrogen (secondary N) is 1. The third-order valence-corrected chi connectivity index (χ3v) is 4.65. The van der Waals surface area contributed by atoms with E-state index in [1.807, 2.05) is 0 Å². The molecule has 2 unspecified atom stereocenters. The molecule has 2 bridgehead atoms. The monoisotopic (exact) mass is 267 g/mol. The Bertz CT molecular complexity index is 264. The van der Waals surface area contributed by atoms with Gasteiger partial charge in [0.05, 0.1) is 0 Å². The molecule has 3 nitrogen and oxygen atoms in total. The Morgan fingerprint density at radius 3 is 2.32 bits per heavy atom. The normalized spacial score (nSPS) is 32.5. The number of hydrogen-bond donors (Lipinski definition) is 1. The average molecular weight is 267 g/mol. The first-order valence-electron chi connectivity index (χ1n) is 8.19. The molecule has 1 N–H and O–H groups in total. The Kier molecular flexibility index (Phi) is 5.27. The summed E-state index contributed by atoms with van der Waals surface area (Å²) < 4.78 is 0. The summed E-state index contributed by atoms with van der Waals surface area (Å²) in [5, 5.41) is 3.83. The van der Waals surface area contributed by atoms with Crippen LogP contribution in [-0.2, 0) is 0 Å². The van der Waals surface area contributed by atoms with Gasteiger partial charge in [0.15, 0.2) is 0 Å². The maximum absolute atomic E-state index is 3.83. The van der Waals surface area contributed by atoms with Gasteiger partial charge in [-0.2, -0.15) is 0 Å². The largest absolute Gasteiger partial charge is 0.312 e. The molecular formula is C16H33N3. The van der Waals surface area contributed by atoms with Gasteiger partial charge in [0.2, 0.25) is 0 Å². The lowest BCUT2D eigenvalue weighted by Crippen LogP contribution is -2.66. The van der Waals surface area contributed by atoms with E-state index in [0.717, 1.165) is 6.04 Å². The molecule has 3 fully saturated rings. The van der Waals surface area contributed by atoms with E-state index in [-0.39, 0.29) is 0 Å². The van der Waals surface area contributed by atoms with Gasteiger partial charge < -0.3 is 5.32 Å². The Morgan fingerprint density at radius 1 is 1.16 bits per heavy atom. The van der Waals surface area contributed by atoms with E-state index in [1.165, 1.54) is 58.5 Å². The highest BCUT2D eigenvalue weighted by Crippen LogP contribution is 2.26. The Hall–Kier alpha value is -0.120. The van der Waals surface area contributed by atoms with Crippen molar-refractivity contribution < 1.29 is 0 Å². The summed E-state index contributed by atoms with van der Waals surface area (Å²) in [6, 6.07) is 1.43. The van der Waals surface area contributed by atoms with Crippen LogP contribution in [0, 0.1) is 5.41 Å². The second kappa shape index (κ2) is 6.55. The summed E-state index contributed by atoms with van der Waals surface area (Å²) in [6.07, 6.45) is 3.87. The van der Waals surface area contributed by atoms with Crippen molar-refractivity contribution in [3.05, 3.63) is 0 Å². The molecule has 3 heteroatoms. The van der Waals surface area contributed by atoms with Gasteiger partial charge in [-0.3, -0.25) is 9.80 Å². The predicted octanol–water partition coefficient (Wildman–Crippen LogP) is 2.18. The first kappa shape index (κ1) is 15.3. The molecular weight excluding hydrogens is 234 g/mol. The minimum absolute atomic E-state index is 0.454. The zero-order valence-corrected chi connectivity index (χ0v) is 13.4. The molecule has 0 spiro atoms. The molecule has 0 aromatic heterocycles. The third-order valence-electron chi connectivity index (χ3n) is 4.65. The smallest absolute Gasteiger partial charge is 0.0377 e. The number of rotatable bonds is 6. The molecule has 3 heterocycles. The first-order valence-corrected chi connectivity index (χ1v) is 8.19. The maximum atomic E-state index is 3.83. The standard InChI is InChI=1S/C16H33N3/c1-5-8-17-14(6-7-16(2,3)4)15-13-18-9-11-19(15)12-10-18/h14-15,17H,5-13H2,1-4H3. The lowest BCUT2D eigenvalue weighted by molar-refractivity contribution is -0.00590. The van der Waals surface area contributed by atoms with E-state index in [9.17, 15) is 0 Å². The van der Waals surface area contributed by atoms with E-state index in [0.29, 0.717) is 11.5 Å². The summed E-state index contributed by atoms with van der Waals surface area (Å²) >= 11 is 0. The second-order valence-corrected chi connectivity index (χ2v) is 7.56. The van der Waals surface area contributed by atoms with Crippen LogP contribution >= 0.6 is 0 Å². The van der Waals surface area contributed by atoms with Crippen LogP contribution in [0.4, 0.5) is 0 Å². The van der Waals surface area contributed by atoms with Crippen LogP contribution in [0.2, 0.25) is 0 Å². The summed E-state index contributed by atoms with van der Waals surface area (Å²) in [4.78, 5) is 5.39. The molecule has 0 saturated carbocycles. The molecule has 0 aromatic carbocycles. The number of hydrogen-bond acceptors (Lipinski definition) is 3. The highest BCUT2D eigenvalue weighted by molar-refractivity contribution is 4.95. The molecule has 0 radical (unpaired) electrons. The number of piperazine rings is 3. The lowest BCUT2D eigenvalue weighted by Gasteiger charge is -2.50. The van der Waals surface area contributed by atoms with Crippen LogP contribution in [0.5, 0.6) is 0 Å². The molecule has 3 aliphatic heterocycles. The van der Waals surface area contributed by atoms with Gasteiger partial charge in [-0.05, 0) is 31.2 Å². The SMILES string of the molecule is CCCNC(CCC(C)(C)C)C1CN2CCN1CC2. The van der Waals surface area contributed by atoms with E-state index in [4.69, 9.17) is 0 Å². The van der Waals surface area contributed by atoms with Gasteiger partial charge >= 0.3 is 0 Å². The third kappa shape index (κ3) is 4.44. The van der Waals surface area contributed by atoms with Crippen molar-refractivity contribution in [1.82, 2.24) is 15.1 Å². The fourth-order valence-corrected chi connectivity index (χ4v) is 3.39. The zero-order chi connectivity index (χ0) is 13.9. The van der Waals surface area contributed by atoms with Crippen molar-refractivity contribution in [2.24, 2.45) is 5.41 Å². The van der Waals surface area contributed by atoms with Gasteiger partial charge in [-0.1, -0.05) is 27.7 Å². The molecule has 0 amide bonds. The Labute approximate surface area is 119 Å². The summed E-state index contributed by atoms with van der Waals surface area (Å²) in [7, 11) is 0. The Morgan fingerprint density at radius 2 is 1.84 bits per heavy atom. The molecule has 3 rings (SSSR count). The van der Waals surface area contributed by atoms with Crippen molar-refractivity contribution in [3.8, 4) is 0 Å². The van der Waals surface area contributed by atoms with Gasteiger partial charge in [0.25, 0.3) is 0 Å². The second-order valence-electron chi connectivity index (χ2n) is 7.56. The fourth-order valence-electron chi connectivity index (χ4n) is 3.39. The molecule has 3 aliphatic rings. The van der Waals surface area contributed by atoms with Gasteiger partial charge in [-0.15, -0.1) is 0 Å². The lowest BCUT2D eigenvalue weighted by atomic mass is 9.86. The minimum Gasteiger partial charge on any atom is -0.312 e. The summed E-state index contributed by atoms with van der Waals surface area (Å²) in [5.41, 5.74) is 0.454. The molecule has 112 valence electrons. The Balaban J connectivity index is 1.92. The first-order chi connectivity index (χ1) is 8.99. The van der Waals surface area contributed by atoms with E-state index in [2.05, 4.69) is 42.8 Å². The van der Waals surface area contributed by atoms with Crippen LogP contribution in [0.25, 0.3) is 0 Å². The van der Waals surface area contributed by atoms with Crippen molar-refractivity contribution in [2.75, 3.05) is 39.3 Å². The van der Waals surface area contributed by atoms with Gasteiger partial charge in [0, 0.05) is 44.8 Å². The topological polar surface area (TPSA) is 18.5 Å². The van der Waals surface area contributed by atoms with E-state index < -0.39 is 0 Å². The van der Waals surface area contributed by atoms with Crippen LogP contribution < -0.4 is 5.32 Å². The van der Waals surface area contributed by atoms with Gasteiger partial charge in [0.1, 0.15) is 0 Å². The molecule has 2 atom stereocenters. The highest BCUT2D eigenvalue weighted by atomic mass is 15.4.